The molecule has 0 saturated carbocycles. The zero-order valence-corrected chi connectivity index (χ0v) is 13.2. The Morgan fingerprint density at radius 3 is 2.95 bits per heavy atom. The molecule has 0 spiro atoms. The number of likely N-dealkylation sites (tertiary alicyclic amines) is 1. The Morgan fingerprint density at radius 2 is 2.26 bits per heavy atom. The Morgan fingerprint density at radius 1 is 1.47 bits per heavy atom. The summed E-state index contributed by atoms with van der Waals surface area (Å²) in [5, 5.41) is 3.26. The van der Waals surface area contributed by atoms with Gasteiger partial charge in [0.15, 0.2) is 0 Å². The third-order valence-electron chi connectivity index (χ3n) is 4.01. The minimum absolute atomic E-state index is 0.0883. The lowest BCUT2D eigenvalue weighted by molar-refractivity contribution is 0.0954. The summed E-state index contributed by atoms with van der Waals surface area (Å²) in [4.78, 5) is 2.40. The molecule has 4 heteroatoms. The largest absolute Gasteiger partial charge is 0.319 e. The fraction of sp³-hybridized carbons (Fsp3) is 0.600. The fourth-order valence-electron chi connectivity index (χ4n) is 3.17. The van der Waals surface area contributed by atoms with E-state index < -0.39 is 0 Å². The molecule has 2 atom stereocenters. The van der Waals surface area contributed by atoms with E-state index in [1.54, 1.807) is 12.1 Å². The first-order valence-corrected chi connectivity index (χ1v) is 7.80. The molecule has 2 unspecified atom stereocenters. The van der Waals surface area contributed by atoms with E-state index in [2.05, 4.69) is 33.1 Å². The van der Waals surface area contributed by atoms with E-state index in [1.165, 1.54) is 6.42 Å². The van der Waals surface area contributed by atoms with Crippen molar-refractivity contribution in [1.29, 1.82) is 0 Å². The fourth-order valence-corrected chi connectivity index (χ4v) is 3.55. The van der Waals surface area contributed by atoms with Gasteiger partial charge in [-0.3, -0.25) is 4.90 Å². The molecule has 0 amide bonds. The van der Waals surface area contributed by atoms with Gasteiger partial charge in [-0.15, -0.1) is 0 Å². The SMILES string of the molecule is CCN1CCCC(CNC)C1c1cc(Br)ccc1F. The maximum Gasteiger partial charge on any atom is 0.128 e. The zero-order chi connectivity index (χ0) is 13.8. The topological polar surface area (TPSA) is 15.3 Å². The van der Waals surface area contributed by atoms with Crippen LogP contribution in [0.5, 0.6) is 0 Å². The summed E-state index contributed by atoms with van der Waals surface area (Å²) in [7, 11) is 1.97. The average molecular weight is 329 g/mol. The molecule has 0 radical (unpaired) electrons. The Labute approximate surface area is 123 Å². The minimum Gasteiger partial charge on any atom is -0.319 e. The molecular weight excluding hydrogens is 307 g/mol. The number of halogens is 2. The second-order valence-electron chi connectivity index (χ2n) is 5.20. The predicted octanol–water partition coefficient (Wildman–Crippen LogP) is 3.58. The first-order chi connectivity index (χ1) is 9.17. The quantitative estimate of drug-likeness (QED) is 0.908. The Hall–Kier alpha value is -0.450. The molecular formula is C15H22BrFN2. The summed E-state index contributed by atoms with van der Waals surface area (Å²) in [6.45, 7) is 5.13. The standard InChI is InChI=1S/C15H22BrFN2/c1-3-19-8-4-5-11(10-18-2)15(19)13-9-12(16)6-7-14(13)17/h6-7,9,11,15,18H,3-5,8,10H2,1-2H3. The number of nitrogens with zero attached hydrogens (tertiary/aromatic N) is 1. The average Bonchev–Trinajstić information content (AvgIpc) is 2.42. The monoisotopic (exact) mass is 328 g/mol. The molecule has 19 heavy (non-hydrogen) atoms. The van der Waals surface area contributed by atoms with Crippen LogP contribution in [-0.2, 0) is 0 Å². The van der Waals surface area contributed by atoms with Crippen LogP contribution < -0.4 is 5.32 Å². The van der Waals surface area contributed by atoms with Crippen molar-refractivity contribution in [2.45, 2.75) is 25.8 Å². The Balaban J connectivity index is 2.36. The molecule has 1 N–H and O–H groups in total. The third kappa shape index (κ3) is 3.36. The third-order valence-corrected chi connectivity index (χ3v) is 4.50. The highest BCUT2D eigenvalue weighted by Gasteiger charge is 2.33. The Kier molecular flexibility index (Phi) is 5.37. The van der Waals surface area contributed by atoms with E-state index >= 15 is 0 Å². The van der Waals surface area contributed by atoms with Crippen LogP contribution in [0.2, 0.25) is 0 Å². The van der Waals surface area contributed by atoms with Crippen LogP contribution in [0.3, 0.4) is 0 Å². The molecule has 1 aromatic carbocycles. The zero-order valence-electron chi connectivity index (χ0n) is 11.6. The summed E-state index contributed by atoms with van der Waals surface area (Å²) < 4.78 is 15.2. The van der Waals surface area contributed by atoms with Gasteiger partial charge in [-0.2, -0.15) is 0 Å². The summed E-state index contributed by atoms with van der Waals surface area (Å²) in [5.41, 5.74) is 0.830. The van der Waals surface area contributed by atoms with Gasteiger partial charge in [0.1, 0.15) is 5.82 Å². The van der Waals surface area contributed by atoms with Gasteiger partial charge in [0.2, 0.25) is 0 Å². The highest BCUT2D eigenvalue weighted by Crippen LogP contribution is 2.37. The maximum atomic E-state index is 14.2. The van der Waals surface area contributed by atoms with Gasteiger partial charge < -0.3 is 5.32 Å². The Bertz CT molecular complexity index is 423. The molecule has 106 valence electrons. The molecule has 0 aromatic heterocycles. The minimum atomic E-state index is -0.0883. The van der Waals surface area contributed by atoms with Crippen molar-refractivity contribution in [2.24, 2.45) is 5.92 Å². The highest BCUT2D eigenvalue weighted by atomic mass is 79.9. The van der Waals surface area contributed by atoms with Gasteiger partial charge >= 0.3 is 0 Å². The maximum absolute atomic E-state index is 14.2. The first kappa shape index (κ1) is 14.9. The van der Waals surface area contributed by atoms with E-state index in [4.69, 9.17) is 0 Å². The van der Waals surface area contributed by atoms with E-state index in [-0.39, 0.29) is 11.9 Å². The van der Waals surface area contributed by atoms with Crippen molar-refractivity contribution in [3.8, 4) is 0 Å². The molecule has 1 aliphatic rings. The lowest BCUT2D eigenvalue weighted by Gasteiger charge is -2.41. The smallest absolute Gasteiger partial charge is 0.128 e. The number of hydrogen-bond donors (Lipinski definition) is 1. The number of rotatable bonds is 4. The second-order valence-corrected chi connectivity index (χ2v) is 6.11. The lowest BCUT2D eigenvalue weighted by atomic mass is 9.84. The molecule has 1 fully saturated rings. The van der Waals surface area contributed by atoms with Crippen molar-refractivity contribution in [3.05, 3.63) is 34.1 Å². The van der Waals surface area contributed by atoms with Crippen molar-refractivity contribution in [1.82, 2.24) is 10.2 Å². The van der Waals surface area contributed by atoms with Gasteiger partial charge in [0.05, 0.1) is 0 Å². The van der Waals surface area contributed by atoms with Crippen molar-refractivity contribution in [3.63, 3.8) is 0 Å². The predicted molar refractivity (Wildman–Crippen MR) is 80.7 cm³/mol. The number of nitrogens with one attached hydrogen (secondary N) is 1. The van der Waals surface area contributed by atoms with E-state index in [9.17, 15) is 4.39 Å². The molecule has 2 rings (SSSR count). The summed E-state index contributed by atoms with van der Waals surface area (Å²) in [6, 6.07) is 5.46. The lowest BCUT2D eigenvalue weighted by Crippen LogP contribution is -2.42. The number of benzene rings is 1. The molecule has 1 aromatic rings. The molecule has 2 nitrogen and oxygen atoms in total. The van der Waals surface area contributed by atoms with Crippen LogP contribution in [0.25, 0.3) is 0 Å². The van der Waals surface area contributed by atoms with Crippen LogP contribution in [0.15, 0.2) is 22.7 Å². The van der Waals surface area contributed by atoms with Crippen LogP contribution in [0.4, 0.5) is 4.39 Å². The van der Waals surface area contributed by atoms with Gasteiger partial charge in [-0.25, -0.2) is 4.39 Å². The molecule has 1 aliphatic heterocycles. The molecule has 0 aliphatic carbocycles. The van der Waals surface area contributed by atoms with E-state index in [1.807, 2.05) is 13.1 Å². The van der Waals surface area contributed by atoms with Crippen LogP contribution in [0, 0.1) is 11.7 Å². The van der Waals surface area contributed by atoms with Gasteiger partial charge in [-0.1, -0.05) is 22.9 Å². The van der Waals surface area contributed by atoms with E-state index in [0.29, 0.717) is 5.92 Å². The highest BCUT2D eigenvalue weighted by molar-refractivity contribution is 9.10. The van der Waals surface area contributed by atoms with Crippen molar-refractivity contribution < 1.29 is 4.39 Å². The molecule has 1 saturated heterocycles. The van der Waals surface area contributed by atoms with Gasteiger partial charge in [0.25, 0.3) is 0 Å². The van der Waals surface area contributed by atoms with Crippen LogP contribution in [0.1, 0.15) is 31.4 Å². The normalized spacial score (nSPS) is 24.6. The number of hydrogen-bond acceptors (Lipinski definition) is 2. The summed E-state index contributed by atoms with van der Waals surface area (Å²) in [6.07, 6.45) is 2.36. The summed E-state index contributed by atoms with van der Waals surface area (Å²) in [5.74, 6) is 0.386. The number of piperidine rings is 1. The van der Waals surface area contributed by atoms with Gasteiger partial charge in [0, 0.05) is 16.1 Å². The van der Waals surface area contributed by atoms with E-state index in [0.717, 1.165) is 36.1 Å². The van der Waals surface area contributed by atoms with Crippen LogP contribution >= 0.6 is 15.9 Å². The molecule has 0 bridgehead atoms. The second kappa shape index (κ2) is 6.82. The van der Waals surface area contributed by atoms with Crippen LogP contribution in [-0.4, -0.2) is 31.6 Å². The van der Waals surface area contributed by atoms with Crippen molar-refractivity contribution in [2.75, 3.05) is 26.7 Å². The van der Waals surface area contributed by atoms with Gasteiger partial charge in [-0.05, 0) is 63.6 Å². The van der Waals surface area contributed by atoms with Crippen molar-refractivity contribution >= 4 is 15.9 Å². The molecule has 1 heterocycles. The first-order valence-electron chi connectivity index (χ1n) is 7.01. The summed E-state index contributed by atoms with van der Waals surface area (Å²) >= 11 is 3.46.